The first-order valence-corrected chi connectivity index (χ1v) is 18.9. The molecule has 4 aromatic heterocycles. The second kappa shape index (κ2) is 10.2. The van der Waals surface area contributed by atoms with E-state index in [1.807, 2.05) is 47.7 Å². The predicted octanol–water partition coefficient (Wildman–Crippen LogP) is 11.4. The van der Waals surface area contributed by atoms with Gasteiger partial charge in [0, 0.05) is 0 Å². The zero-order valence-electron chi connectivity index (χ0n) is 26.3. The number of hydrogen-bond donors (Lipinski definition) is 0. The summed E-state index contributed by atoms with van der Waals surface area (Å²) < 4.78 is 10.1. The van der Waals surface area contributed by atoms with E-state index >= 15 is 0 Å². The van der Waals surface area contributed by atoms with Crippen LogP contribution in [0.4, 0.5) is 0 Å². The molecular weight excluding hydrogens is 696 g/mol. The molecule has 0 unspecified atom stereocenters. The second-order valence-electron chi connectivity index (χ2n) is 12.8. The molecule has 0 atom stereocenters. The van der Waals surface area contributed by atoms with Crippen LogP contribution in [0.2, 0.25) is 0 Å². The van der Waals surface area contributed by atoms with Crippen LogP contribution in [-0.4, -0.2) is 23.6 Å². The molecule has 11 aromatic rings. The molecule has 6 heteroatoms. The summed E-state index contributed by atoms with van der Waals surface area (Å²) in [5.74, 6) is 0. The Morgan fingerprint density at radius 1 is 0.440 bits per heavy atom. The second-order valence-corrected chi connectivity index (χ2v) is 16.1. The number of fused-ring (bicyclic) bond motifs is 13. The van der Waals surface area contributed by atoms with Crippen LogP contribution < -0.4 is 0 Å². The van der Waals surface area contributed by atoms with Crippen molar-refractivity contribution in [1.82, 2.24) is 9.13 Å². The van der Waals surface area contributed by atoms with Crippen molar-refractivity contribution in [2.75, 3.05) is 0 Å². The Morgan fingerprint density at radius 3 is 1.66 bits per heavy atom. The Hall–Kier alpha value is -6.14. The van der Waals surface area contributed by atoms with Crippen molar-refractivity contribution in [2.45, 2.75) is 0 Å². The van der Waals surface area contributed by atoms with Gasteiger partial charge in [0.15, 0.2) is 0 Å². The normalized spacial score (nSPS) is 12.0. The van der Waals surface area contributed by atoms with Crippen LogP contribution in [0.3, 0.4) is 0 Å². The Balaban J connectivity index is 1.17. The Morgan fingerprint density at radius 2 is 1.00 bits per heavy atom. The van der Waals surface area contributed by atoms with Crippen LogP contribution in [0.5, 0.6) is 0 Å². The SMILES string of the molecule is N#Cc1ccc2c(c1)c1cc(C#N)ccc1n2-c1ccc2[se]c3ccc(-n4c5ccccc5c5c6c(ccc54)sc4ccccc46)cc3c2c1. The van der Waals surface area contributed by atoms with E-state index in [0.717, 1.165) is 33.2 Å². The number of nitrogens with zero attached hydrogens (tertiary/aromatic N) is 4. The number of benzene rings is 7. The van der Waals surface area contributed by atoms with Crippen LogP contribution in [0.1, 0.15) is 11.1 Å². The molecule has 4 nitrogen and oxygen atoms in total. The van der Waals surface area contributed by atoms with Gasteiger partial charge in [-0.1, -0.05) is 0 Å². The van der Waals surface area contributed by atoms with Crippen LogP contribution >= 0.6 is 11.3 Å². The fourth-order valence-corrected chi connectivity index (χ4v) is 11.4. The molecule has 0 aliphatic carbocycles. The molecule has 0 spiro atoms. The van der Waals surface area contributed by atoms with Gasteiger partial charge in [-0.15, -0.1) is 0 Å². The van der Waals surface area contributed by atoms with E-state index in [4.69, 9.17) is 0 Å². The Bertz CT molecular complexity index is 3290. The van der Waals surface area contributed by atoms with E-state index in [9.17, 15) is 10.5 Å². The summed E-state index contributed by atoms with van der Waals surface area (Å²) in [6.07, 6.45) is 0. The van der Waals surface area contributed by atoms with E-state index in [-0.39, 0.29) is 14.5 Å². The number of hydrogen-bond acceptors (Lipinski definition) is 3. The van der Waals surface area contributed by atoms with E-state index in [2.05, 4.69) is 118 Å². The van der Waals surface area contributed by atoms with Crippen molar-refractivity contribution in [3.63, 3.8) is 0 Å². The number of aromatic nitrogens is 2. The van der Waals surface area contributed by atoms with Crippen LogP contribution in [0, 0.1) is 22.7 Å². The molecule has 0 N–H and O–H groups in total. The van der Waals surface area contributed by atoms with Gasteiger partial charge in [-0.2, -0.15) is 0 Å². The minimum atomic E-state index is 0.203. The molecule has 0 aliphatic heterocycles. The Kier molecular flexibility index (Phi) is 5.66. The molecule has 0 saturated carbocycles. The third kappa shape index (κ3) is 3.73. The molecule has 0 saturated heterocycles. The van der Waals surface area contributed by atoms with E-state index < -0.39 is 0 Å². The van der Waals surface area contributed by atoms with Gasteiger partial charge in [0.05, 0.1) is 0 Å². The number of nitriles is 2. The zero-order valence-corrected chi connectivity index (χ0v) is 28.8. The first-order chi connectivity index (χ1) is 24.7. The minimum absolute atomic E-state index is 0.203. The molecule has 4 heterocycles. The Labute approximate surface area is 295 Å². The fourth-order valence-electron chi connectivity index (χ4n) is 8.02. The molecule has 50 heavy (non-hydrogen) atoms. The van der Waals surface area contributed by atoms with E-state index in [1.54, 1.807) is 0 Å². The van der Waals surface area contributed by atoms with Crippen molar-refractivity contribution in [1.29, 1.82) is 10.5 Å². The molecule has 7 aromatic carbocycles. The molecule has 0 amide bonds. The van der Waals surface area contributed by atoms with Gasteiger partial charge in [-0.3, -0.25) is 0 Å². The van der Waals surface area contributed by atoms with E-state index in [0.29, 0.717) is 11.1 Å². The third-order valence-corrected chi connectivity index (χ3v) is 13.7. The van der Waals surface area contributed by atoms with Gasteiger partial charge in [-0.25, -0.2) is 0 Å². The van der Waals surface area contributed by atoms with Gasteiger partial charge >= 0.3 is 297 Å². The molecule has 0 bridgehead atoms. The van der Waals surface area contributed by atoms with Gasteiger partial charge in [0.1, 0.15) is 0 Å². The predicted molar refractivity (Wildman–Crippen MR) is 209 cm³/mol. The molecule has 0 fully saturated rings. The van der Waals surface area contributed by atoms with Crippen molar-refractivity contribution < 1.29 is 0 Å². The summed E-state index contributed by atoms with van der Waals surface area (Å²) in [6.45, 7) is 0. The van der Waals surface area contributed by atoms with Gasteiger partial charge < -0.3 is 0 Å². The number of rotatable bonds is 2. The molecular formula is C44H22N4SSe. The van der Waals surface area contributed by atoms with Crippen molar-refractivity contribution in [3.8, 4) is 23.5 Å². The summed E-state index contributed by atoms with van der Waals surface area (Å²) >= 11 is 2.07. The van der Waals surface area contributed by atoms with Gasteiger partial charge in [-0.05, 0) is 0 Å². The van der Waals surface area contributed by atoms with Gasteiger partial charge in [0.25, 0.3) is 0 Å². The summed E-state index contributed by atoms with van der Waals surface area (Å²) in [6, 6.07) is 52.2. The average molecular weight is 718 g/mol. The van der Waals surface area contributed by atoms with Crippen LogP contribution in [0.15, 0.2) is 133 Å². The summed E-state index contributed by atoms with van der Waals surface area (Å²) in [5, 5.41) is 29.1. The first kappa shape index (κ1) is 27.8. The molecule has 0 radical (unpaired) electrons. The quantitative estimate of drug-likeness (QED) is 0.167. The third-order valence-electron chi connectivity index (χ3n) is 10.2. The maximum atomic E-state index is 9.67. The van der Waals surface area contributed by atoms with Crippen LogP contribution in [0.25, 0.3) is 94.5 Å². The monoisotopic (exact) mass is 718 g/mol. The van der Waals surface area contributed by atoms with Crippen molar-refractivity contribution in [2.24, 2.45) is 0 Å². The summed E-state index contributed by atoms with van der Waals surface area (Å²) in [5.41, 5.74) is 7.90. The fraction of sp³-hybridized carbons (Fsp3) is 0. The van der Waals surface area contributed by atoms with Gasteiger partial charge in [0.2, 0.25) is 0 Å². The zero-order chi connectivity index (χ0) is 33.1. The van der Waals surface area contributed by atoms with Crippen molar-refractivity contribution >= 4 is 109 Å². The number of para-hydroxylation sites is 1. The van der Waals surface area contributed by atoms with Crippen molar-refractivity contribution in [3.05, 3.63) is 145 Å². The summed E-state index contributed by atoms with van der Waals surface area (Å²) in [7, 11) is 0. The molecule has 230 valence electrons. The topological polar surface area (TPSA) is 57.4 Å². The summed E-state index contributed by atoms with van der Waals surface area (Å²) in [4.78, 5) is 0. The maximum absolute atomic E-state index is 9.67. The van der Waals surface area contributed by atoms with E-state index in [1.165, 1.54) is 61.3 Å². The van der Waals surface area contributed by atoms with Crippen LogP contribution in [-0.2, 0) is 0 Å². The average Bonchev–Trinajstić information content (AvgIpc) is 3.91. The molecule has 11 rings (SSSR count). The standard InChI is InChI=1S/C44H22N4SSe/c45-23-25-9-13-36-31(19-25)32-20-26(24-46)10-14-37(32)47(36)27-11-17-41-33(21-27)34-22-28(12-18-42(34)50-41)48-35-7-3-1-5-29(35)43-38(48)15-16-40-44(43)30-6-2-4-8-39(30)49-40/h1-22H. The molecule has 0 aliphatic rings. The number of thiophene rings is 1. The first-order valence-electron chi connectivity index (χ1n) is 16.4.